The zero-order valence-electron chi connectivity index (χ0n) is 6.12. The van der Waals surface area contributed by atoms with Crippen LogP contribution in [-0.4, -0.2) is 20.1 Å². The minimum Gasteiger partial charge on any atom is -0.445 e. The summed E-state index contributed by atoms with van der Waals surface area (Å²) in [6.07, 6.45) is 1.09. The SMILES string of the molecule is F[B-](F)(F)C=C1CCNCC1. The Morgan fingerprint density at radius 2 is 1.73 bits per heavy atom. The molecule has 0 aromatic carbocycles. The Labute approximate surface area is 63.7 Å². The Balaban J connectivity index is 2.50. The largest absolute Gasteiger partial charge is 0.502 e. The number of piperidine rings is 1. The standard InChI is InChI=1S/C6H10BF3N/c8-7(9,10)5-6-1-3-11-4-2-6/h5,11H,1-4H2/q-1. The third kappa shape index (κ3) is 3.46. The van der Waals surface area contributed by atoms with E-state index < -0.39 is 6.98 Å². The Hall–Kier alpha value is -0.445. The molecule has 1 saturated heterocycles. The smallest absolute Gasteiger partial charge is 0.445 e. The topological polar surface area (TPSA) is 12.0 Å². The Bertz CT molecular complexity index is 156. The molecule has 1 nitrogen and oxygen atoms in total. The molecule has 0 aromatic heterocycles. The van der Waals surface area contributed by atoms with Crippen molar-refractivity contribution in [2.75, 3.05) is 13.1 Å². The van der Waals surface area contributed by atoms with Gasteiger partial charge in [-0.05, 0) is 25.9 Å². The first-order chi connectivity index (χ1) is 5.08. The molecule has 1 heterocycles. The van der Waals surface area contributed by atoms with E-state index in [1.165, 1.54) is 0 Å². The van der Waals surface area contributed by atoms with Gasteiger partial charge in [0.15, 0.2) is 0 Å². The van der Waals surface area contributed by atoms with Gasteiger partial charge in [0.2, 0.25) is 0 Å². The summed E-state index contributed by atoms with van der Waals surface area (Å²) in [4.78, 5) is 0. The number of hydrogen-bond donors (Lipinski definition) is 1. The van der Waals surface area contributed by atoms with Crippen LogP contribution in [0.2, 0.25) is 0 Å². The molecule has 0 unspecified atom stereocenters. The maximum Gasteiger partial charge on any atom is 0.502 e. The fourth-order valence-corrected chi connectivity index (χ4v) is 1.18. The molecule has 0 saturated carbocycles. The third-order valence-electron chi connectivity index (χ3n) is 1.67. The van der Waals surface area contributed by atoms with E-state index >= 15 is 0 Å². The first-order valence-corrected chi connectivity index (χ1v) is 3.69. The molecule has 5 heteroatoms. The summed E-state index contributed by atoms with van der Waals surface area (Å²) >= 11 is 0. The van der Waals surface area contributed by atoms with Crippen LogP contribution in [0.3, 0.4) is 0 Å². The van der Waals surface area contributed by atoms with E-state index in [0.29, 0.717) is 37.5 Å². The Morgan fingerprint density at radius 1 is 1.18 bits per heavy atom. The maximum absolute atomic E-state index is 11.8. The van der Waals surface area contributed by atoms with Crippen molar-refractivity contribution in [3.8, 4) is 0 Å². The average Bonchev–Trinajstić information content (AvgIpc) is 1.85. The van der Waals surface area contributed by atoms with Gasteiger partial charge in [0.05, 0.1) is 0 Å². The molecule has 0 aromatic rings. The van der Waals surface area contributed by atoms with E-state index in [0.717, 1.165) is 0 Å². The Kier molecular flexibility index (Phi) is 2.60. The number of nitrogens with one attached hydrogen (secondary N) is 1. The van der Waals surface area contributed by atoms with Gasteiger partial charge in [-0.25, -0.2) is 0 Å². The molecule has 0 radical (unpaired) electrons. The molecule has 1 rings (SSSR count). The highest BCUT2D eigenvalue weighted by atomic mass is 19.4. The number of rotatable bonds is 1. The summed E-state index contributed by atoms with van der Waals surface area (Å²) in [5, 5.41) is 3.00. The van der Waals surface area contributed by atoms with Crippen molar-refractivity contribution in [3.63, 3.8) is 0 Å². The molecule has 64 valence electrons. The highest BCUT2D eigenvalue weighted by Gasteiger charge is 2.20. The molecule has 0 aliphatic carbocycles. The summed E-state index contributed by atoms with van der Waals surface area (Å²) in [5.74, 6) is 0.487. The first kappa shape index (κ1) is 8.65. The number of halogens is 3. The van der Waals surface area contributed by atoms with Crippen molar-refractivity contribution in [1.82, 2.24) is 5.32 Å². The molecule has 0 atom stereocenters. The predicted octanol–water partition coefficient (Wildman–Crippen LogP) is 1.68. The molecule has 0 amide bonds. The highest BCUT2D eigenvalue weighted by Crippen LogP contribution is 2.18. The van der Waals surface area contributed by atoms with E-state index in [1.54, 1.807) is 0 Å². The molecule has 1 N–H and O–H groups in total. The minimum absolute atomic E-state index is 0.487. The van der Waals surface area contributed by atoms with Gasteiger partial charge >= 0.3 is 6.98 Å². The van der Waals surface area contributed by atoms with E-state index in [4.69, 9.17) is 0 Å². The van der Waals surface area contributed by atoms with Crippen LogP contribution in [0, 0.1) is 0 Å². The van der Waals surface area contributed by atoms with Crippen LogP contribution in [-0.2, 0) is 0 Å². The molecule has 1 fully saturated rings. The molecule has 0 bridgehead atoms. The summed E-state index contributed by atoms with van der Waals surface area (Å²) < 4.78 is 35.4. The maximum atomic E-state index is 11.8. The lowest BCUT2D eigenvalue weighted by Crippen LogP contribution is -2.24. The van der Waals surface area contributed by atoms with Gasteiger partial charge in [0.1, 0.15) is 0 Å². The summed E-state index contributed by atoms with van der Waals surface area (Å²) in [7, 11) is 0. The van der Waals surface area contributed by atoms with Gasteiger partial charge in [-0.2, -0.15) is 0 Å². The Morgan fingerprint density at radius 3 is 2.18 bits per heavy atom. The summed E-state index contributed by atoms with van der Waals surface area (Å²) in [6.45, 7) is -3.36. The molecular weight excluding hydrogens is 154 g/mol. The normalized spacial score (nSPS) is 20.1. The van der Waals surface area contributed by atoms with Crippen LogP contribution >= 0.6 is 0 Å². The van der Waals surface area contributed by atoms with E-state index in [2.05, 4.69) is 5.32 Å². The van der Waals surface area contributed by atoms with E-state index in [9.17, 15) is 12.9 Å². The van der Waals surface area contributed by atoms with Crippen molar-refractivity contribution >= 4 is 6.98 Å². The van der Waals surface area contributed by atoms with Gasteiger partial charge in [-0.1, -0.05) is 0 Å². The highest BCUT2D eigenvalue weighted by molar-refractivity contribution is 6.64. The van der Waals surface area contributed by atoms with Gasteiger partial charge in [-0.15, -0.1) is 11.5 Å². The monoisotopic (exact) mass is 164 g/mol. The lowest BCUT2D eigenvalue weighted by atomic mass is 9.85. The van der Waals surface area contributed by atoms with Crippen LogP contribution in [0.25, 0.3) is 0 Å². The van der Waals surface area contributed by atoms with Gasteiger partial charge in [-0.3, -0.25) is 0 Å². The van der Waals surface area contributed by atoms with Crippen LogP contribution in [0.1, 0.15) is 12.8 Å². The van der Waals surface area contributed by atoms with Crippen molar-refractivity contribution in [2.24, 2.45) is 0 Å². The van der Waals surface area contributed by atoms with Crippen molar-refractivity contribution in [1.29, 1.82) is 0 Å². The van der Waals surface area contributed by atoms with Crippen molar-refractivity contribution < 1.29 is 12.9 Å². The quantitative estimate of drug-likeness (QED) is 0.581. The predicted molar refractivity (Wildman–Crippen MR) is 39.3 cm³/mol. The van der Waals surface area contributed by atoms with Gasteiger partial charge in [0.25, 0.3) is 0 Å². The lowest BCUT2D eigenvalue weighted by Gasteiger charge is -2.18. The fraction of sp³-hybridized carbons (Fsp3) is 0.667. The average molecular weight is 164 g/mol. The molecule has 0 spiro atoms. The van der Waals surface area contributed by atoms with Crippen molar-refractivity contribution in [2.45, 2.75) is 12.8 Å². The van der Waals surface area contributed by atoms with Crippen LogP contribution < -0.4 is 5.32 Å². The fourth-order valence-electron chi connectivity index (χ4n) is 1.18. The summed E-state index contributed by atoms with van der Waals surface area (Å²) in [6, 6.07) is 0. The summed E-state index contributed by atoms with van der Waals surface area (Å²) in [5.41, 5.74) is 0.538. The second-order valence-corrected chi connectivity index (χ2v) is 2.70. The molecule has 1 aliphatic rings. The van der Waals surface area contributed by atoms with Gasteiger partial charge in [0, 0.05) is 0 Å². The molecule has 11 heavy (non-hydrogen) atoms. The van der Waals surface area contributed by atoms with Crippen molar-refractivity contribution in [3.05, 3.63) is 11.5 Å². The zero-order valence-corrected chi connectivity index (χ0v) is 6.12. The second kappa shape index (κ2) is 3.30. The second-order valence-electron chi connectivity index (χ2n) is 2.70. The van der Waals surface area contributed by atoms with Crippen LogP contribution in [0.4, 0.5) is 12.9 Å². The number of hydrogen-bond acceptors (Lipinski definition) is 1. The minimum atomic E-state index is -4.72. The molecular formula is C6H10BF3N-. The van der Waals surface area contributed by atoms with Gasteiger partial charge < -0.3 is 18.3 Å². The van der Waals surface area contributed by atoms with Crippen LogP contribution in [0.5, 0.6) is 0 Å². The third-order valence-corrected chi connectivity index (χ3v) is 1.67. The molecule has 1 aliphatic heterocycles. The first-order valence-electron chi connectivity index (χ1n) is 3.69. The van der Waals surface area contributed by atoms with Crippen LogP contribution in [0.15, 0.2) is 11.5 Å². The van der Waals surface area contributed by atoms with E-state index in [1.807, 2.05) is 0 Å². The zero-order chi connectivity index (χ0) is 8.32. The van der Waals surface area contributed by atoms with E-state index in [-0.39, 0.29) is 0 Å². The lowest BCUT2D eigenvalue weighted by molar-refractivity contribution is 0.495.